The number of thioether (sulfide) groups is 1. The van der Waals surface area contributed by atoms with Crippen LogP contribution in [0.1, 0.15) is 28.8 Å². The summed E-state index contributed by atoms with van der Waals surface area (Å²) >= 11 is 1.42. The van der Waals surface area contributed by atoms with Crippen molar-refractivity contribution in [3.63, 3.8) is 0 Å². The monoisotopic (exact) mass is 457 g/mol. The first-order valence-corrected chi connectivity index (χ1v) is 12.4. The topological polar surface area (TPSA) is 52.7 Å². The number of rotatable bonds is 6. The van der Waals surface area contributed by atoms with Crippen LogP contribution in [0.4, 0.5) is 17.1 Å². The van der Waals surface area contributed by atoms with Crippen LogP contribution in [0.5, 0.6) is 0 Å². The molecule has 0 aromatic heterocycles. The summed E-state index contributed by atoms with van der Waals surface area (Å²) in [5.74, 6) is 0.214. The third kappa shape index (κ3) is 4.62. The van der Waals surface area contributed by atoms with E-state index in [0.29, 0.717) is 17.9 Å². The molecule has 3 aromatic carbocycles. The minimum absolute atomic E-state index is 0.0690. The molecule has 2 aliphatic heterocycles. The molecule has 0 saturated carbocycles. The summed E-state index contributed by atoms with van der Waals surface area (Å²) in [6.45, 7) is 2.75. The molecule has 0 radical (unpaired) electrons. The zero-order valence-electron chi connectivity index (χ0n) is 18.5. The number of nitrogens with zero attached hydrogens (tertiary/aromatic N) is 2. The van der Waals surface area contributed by atoms with Gasteiger partial charge in [-0.25, -0.2) is 0 Å². The lowest BCUT2D eigenvalue weighted by atomic mass is 10.2. The van der Waals surface area contributed by atoms with E-state index in [4.69, 9.17) is 0 Å². The lowest BCUT2D eigenvalue weighted by Gasteiger charge is -2.22. The number of carbonyl (C=O) groups is 2. The van der Waals surface area contributed by atoms with Gasteiger partial charge in [-0.05, 0) is 55.2 Å². The van der Waals surface area contributed by atoms with Gasteiger partial charge in [-0.3, -0.25) is 9.59 Å². The lowest BCUT2D eigenvalue weighted by Crippen LogP contribution is -2.30. The molecule has 1 N–H and O–H groups in total. The molecule has 0 unspecified atom stereocenters. The molecule has 0 spiro atoms. The van der Waals surface area contributed by atoms with E-state index >= 15 is 0 Å². The Morgan fingerprint density at radius 3 is 2.36 bits per heavy atom. The molecule has 5 nitrogen and oxygen atoms in total. The Labute approximate surface area is 198 Å². The fourth-order valence-electron chi connectivity index (χ4n) is 4.60. The van der Waals surface area contributed by atoms with E-state index in [2.05, 4.69) is 22.3 Å². The molecule has 1 fully saturated rings. The summed E-state index contributed by atoms with van der Waals surface area (Å²) in [4.78, 5) is 31.2. The van der Waals surface area contributed by atoms with Crippen LogP contribution in [0.25, 0.3) is 0 Å². The van der Waals surface area contributed by atoms with Crippen molar-refractivity contribution >= 4 is 40.6 Å². The van der Waals surface area contributed by atoms with Crippen LogP contribution in [0.15, 0.2) is 77.7 Å². The molecular weight excluding hydrogens is 430 g/mol. The first-order chi connectivity index (χ1) is 16.2. The molecule has 0 aliphatic carbocycles. The number of para-hydroxylation sites is 3. The highest BCUT2D eigenvalue weighted by Crippen LogP contribution is 2.32. The fraction of sp³-hybridized carbons (Fsp3) is 0.259. The number of amides is 2. The van der Waals surface area contributed by atoms with Crippen LogP contribution >= 0.6 is 11.8 Å². The van der Waals surface area contributed by atoms with Gasteiger partial charge in [0.05, 0.1) is 22.7 Å². The molecule has 0 atom stereocenters. The minimum atomic E-state index is -0.149. The normalized spacial score (nSPS) is 14.9. The number of anilines is 3. The third-order valence-corrected chi connectivity index (χ3v) is 7.33. The Bertz CT molecular complexity index is 1170. The molecule has 5 rings (SSSR count). The van der Waals surface area contributed by atoms with Gasteiger partial charge in [-0.15, -0.1) is 11.8 Å². The standard InChI is InChI=1S/C27H27N3O2S/c31-26(30-18-15-20-9-1-4-12-23(20)30)19-33-25-14-6-2-10-21(25)27(32)28-22-11-3-5-13-24(22)29-16-7-8-17-29/h1-6,9-14H,7-8,15-19H2,(H,28,32). The van der Waals surface area contributed by atoms with E-state index in [1.807, 2.05) is 65.6 Å². The minimum Gasteiger partial charge on any atom is -0.370 e. The highest BCUT2D eigenvalue weighted by Gasteiger charge is 2.25. The largest absolute Gasteiger partial charge is 0.370 e. The van der Waals surface area contributed by atoms with E-state index in [-0.39, 0.29) is 11.8 Å². The summed E-state index contributed by atoms with van der Waals surface area (Å²) < 4.78 is 0. The Morgan fingerprint density at radius 2 is 1.52 bits per heavy atom. The smallest absolute Gasteiger partial charge is 0.256 e. The molecule has 168 valence electrons. The van der Waals surface area contributed by atoms with Gasteiger partial charge < -0.3 is 15.1 Å². The maximum atomic E-state index is 13.2. The summed E-state index contributed by atoms with van der Waals surface area (Å²) in [6.07, 6.45) is 3.25. The SMILES string of the molecule is O=C(Nc1ccccc1N1CCCC1)c1ccccc1SCC(=O)N1CCc2ccccc21. The van der Waals surface area contributed by atoms with Crippen LogP contribution < -0.4 is 15.1 Å². The average Bonchev–Trinajstić information content (AvgIpc) is 3.53. The average molecular weight is 458 g/mol. The first kappa shape index (κ1) is 21.6. The molecule has 33 heavy (non-hydrogen) atoms. The van der Waals surface area contributed by atoms with Gasteiger partial charge in [0, 0.05) is 30.2 Å². The second-order valence-electron chi connectivity index (χ2n) is 8.37. The molecule has 2 aliphatic rings. The van der Waals surface area contributed by atoms with Crippen LogP contribution in [-0.4, -0.2) is 37.2 Å². The van der Waals surface area contributed by atoms with E-state index in [0.717, 1.165) is 41.5 Å². The van der Waals surface area contributed by atoms with Crippen molar-refractivity contribution in [2.75, 3.05) is 40.5 Å². The number of hydrogen-bond acceptors (Lipinski definition) is 4. The van der Waals surface area contributed by atoms with Crippen molar-refractivity contribution in [3.05, 3.63) is 83.9 Å². The summed E-state index contributed by atoms with van der Waals surface area (Å²) in [5.41, 5.74) is 4.71. The van der Waals surface area contributed by atoms with Crippen molar-refractivity contribution in [1.82, 2.24) is 0 Å². The Balaban J connectivity index is 1.29. The van der Waals surface area contributed by atoms with Gasteiger partial charge in [0.2, 0.25) is 5.91 Å². The summed E-state index contributed by atoms with van der Waals surface area (Å²) in [5, 5.41) is 3.11. The number of hydrogen-bond donors (Lipinski definition) is 1. The molecule has 6 heteroatoms. The first-order valence-electron chi connectivity index (χ1n) is 11.5. The highest BCUT2D eigenvalue weighted by molar-refractivity contribution is 8.00. The van der Waals surface area contributed by atoms with Crippen LogP contribution in [0, 0.1) is 0 Å². The number of carbonyl (C=O) groups excluding carboxylic acids is 2. The van der Waals surface area contributed by atoms with Crippen molar-refractivity contribution in [2.24, 2.45) is 0 Å². The van der Waals surface area contributed by atoms with Gasteiger partial charge in [-0.2, -0.15) is 0 Å². The van der Waals surface area contributed by atoms with Crippen molar-refractivity contribution < 1.29 is 9.59 Å². The lowest BCUT2D eigenvalue weighted by molar-refractivity contribution is -0.116. The van der Waals surface area contributed by atoms with Crippen LogP contribution in [0.2, 0.25) is 0 Å². The number of benzene rings is 3. The molecule has 0 bridgehead atoms. The molecule has 2 amide bonds. The van der Waals surface area contributed by atoms with E-state index in [1.54, 1.807) is 0 Å². The predicted molar refractivity (Wildman–Crippen MR) is 136 cm³/mol. The molecule has 3 aromatic rings. The Hall–Kier alpha value is -3.25. The second-order valence-corrected chi connectivity index (χ2v) is 9.39. The number of nitrogens with one attached hydrogen (secondary N) is 1. The van der Waals surface area contributed by atoms with Crippen LogP contribution in [-0.2, 0) is 11.2 Å². The molecular formula is C27H27N3O2S. The Kier molecular flexibility index (Phi) is 6.35. The van der Waals surface area contributed by atoms with Gasteiger partial charge in [0.25, 0.3) is 5.91 Å². The predicted octanol–water partition coefficient (Wildman–Crippen LogP) is 5.22. The molecule has 2 heterocycles. The zero-order valence-corrected chi connectivity index (χ0v) is 19.3. The van der Waals surface area contributed by atoms with Gasteiger partial charge >= 0.3 is 0 Å². The second kappa shape index (κ2) is 9.71. The van der Waals surface area contributed by atoms with E-state index < -0.39 is 0 Å². The highest BCUT2D eigenvalue weighted by atomic mass is 32.2. The zero-order chi connectivity index (χ0) is 22.6. The maximum absolute atomic E-state index is 13.2. The summed E-state index contributed by atoms with van der Waals surface area (Å²) in [7, 11) is 0. The molecule has 1 saturated heterocycles. The summed E-state index contributed by atoms with van der Waals surface area (Å²) in [6, 6.07) is 23.6. The van der Waals surface area contributed by atoms with Gasteiger partial charge in [0.1, 0.15) is 0 Å². The fourth-order valence-corrected chi connectivity index (χ4v) is 5.52. The van der Waals surface area contributed by atoms with Gasteiger partial charge in [-0.1, -0.05) is 42.5 Å². The maximum Gasteiger partial charge on any atom is 0.256 e. The van der Waals surface area contributed by atoms with E-state index in [1.165, 1.54) is 30.2 Å². The van der Waals surface area contributed by atoms with Gasteiger partial charge in [0.15, 0.2) is 0 Å². The van der Waals surface area contributed by atoms with Crippen molar-refractivity contribution in [3.8, 4) is 0 Å². The van der Waals surface area contributed by atoms with Crippen molar-refractivity contribution in [1.29, 1.82) is 0 Å². The number of fused-ring (bicyclic) bond motifs is 1. The van der Waals surface area contributed by atoms with Crippen LogP contribution in [0.3, 0.4) is 0 Å². The quantitative estimate of drug-likeness (QED) is 0.516. The third-order valence-electron chi connectivity index (χ3n) is 6.27. The van der Waals surface area contributed by atoms with E-state index in [9.17, 15) is 9.59 Å². The van der Waals surface area contributed by atoms with Crippen molar-refractivity contribution in [2.45, 2.75) is 24.2 Å². The Morgan fingerprint density at radius 1 is 0.818 bits per heavy atom.